The molecule has 0 unspecified atom stereocenters. The predicted molar refractivity (Wildman–Crippen MR) is 116 cm³/mol. The van der Waals surface area contributed by atoms with Crippen LogP contribution in [0.25, 0.3) is 27.5 Å². The van der Waals surface area contributed by atoms with Crippen LogP contribution in [0.2, 0.25) is 0 Å². The fraction of sp³-hybridized carbons (Fsp3) is 0.120. The highest BCUT2D eigenvalue weighted by molar-refractivity contribution is 5.66. The molecule has 0 fully saturated rings. The van der Waals surface area contributed by atoms with Gasteiger partial charge in [-0.1, -0.05) is 36.4 Å². The third-order valence-corrected chi connectivity index (χ3v) is 4.99. The maximum atomic E-state index is 12.8. The summed E-state index contributed by atoms with van der Waals surface area (Å²) in [5, 5.41) is 0. The van der Waals surface area contributed by atoms with E-state index in [1.165, 1.54) is 12.1 Å². The highest BCUT2D eigenvalue weighted by Gasteiger charge is 2.30. The molecule has 1 N–H and O–H groups in total. The molecule has 0 spiro atoms. The Morgan fingerprint density at radius 1 is 0.969 bits per heavy atom. The van der Waals surface area contributed by atoms with Crippen molar-refractivity contribution < 1.29 is 17.9 Å². The molecule has 0 aliphatic heterocycles. The number of rotatable bonds is 5. The molecule has 0 atom stereocenters. The van der Waals surface area contributed by atoms with Crippen LogP contribution in [0.1, 0.15) is 16.7 Å². The number of imidazole rings is 1. The molecule has 0 amide bonds. The van der Waals surface area contributed by atoms with Crippen LogP contribution in [-0.2, 0) is 12.8 Å². The van der Waals surface area contributed by atoms with Crippen molar-refractivity contribution in [2.24, 2.45) is 0 Å². The smallest absolute Gasteiger partial charge is 0.416 e. The van der Waals surface area contributed by atoms with Gasteiger partial charge >= 0.3 is 6.18 Å². The lowest BCUT2D eigenvalue weighted by atomic mass is 10.1. The Balaban J connectivity index is 1.47. The summed E-state index contributed by atoms with van der Waals surface area (Å²) < 4.78 is 44.2. The summed E-state index contributed by atoms with van der Waals surface area (Å²) in [5.74, 6) is 1.23. The van der Waals surface area contributed by atoms with Crippen LogP contribution in [-0.4, -0.2) is 9.97 Å². The Bertz CT molecular complexity index is 1270. The van der Waals surface area contributed by atoms with Crippen molar-refractivity contribution >= 4 is 5.69 Å². The molecule has 0 aliphatic carbocycles. The van der Waals surface area contributed by atoms with Crippen LogP contribution < -0.4 is 4.74 Å². The van der Waals surface area contributed by atoms with E-state index in [-0.39, 0.29) is 0 Å². The van der Waals surface area contributed by atoms with Crippen molar-refractivity contribution in [1.82, 2.24) is 9.97 Å². The van der Waals surface area contributed by atoms with Gasteiger partial charge in [0.15, 0.2) is 5.69 Å². The minimum Gasteiger partial charge on any atom is -0.489 e. The molecule has 0 saturated carbocycles. The van der Waals surface area contributed by atoms with Crippen LogP contribution in [0.3, 0.4) is 0 Å². The average molecular weight is 433 g/mol. The van der Waals surface area contributed by atoms with Gasteiger partial charge in [-0.05, 0) is 48.4 Å². The first-order valence-corrected chi connectivity index (χ1v) is 9.77. The van der Waals surface area contributed by atoms with Crippen molar-refractivity contribution in [2.75, 3.05) is 0 Å². The molecule has 4 rings (SSSR count). The van der Waals surface area contributed by atoms with E-state index in [1.54, 1.807) is 18.3 Å². The summed E-state index contributed by atoms with van der Waals surface area (Å²) in [7, 11) is 0. The minimum absolute atomic E-state index is 0.388. The van der Waals surface area contributed by atoms with Crippen LogP contribution in [0.15, 0.2) is 72.9 Å². The summed E-state index contributed by atoms with van der Waals surface area (Å²) in [6, 6.07) is 17.8. The Hall–Kier alpha value is -4.05. The summed E-state index contributed by atoms with van der Waals surface area (Å²) in [4.78, 5) is 10.9. The molecule has 32 heavy (non-hydrogen) atoms. The first-order chi connectivity index (χ1) is 15.3. The van der Waals surface area contributed by atoms with Gasteiger partial charge in [0.25, 0.3) is 0 Å². The van der Waals surface area contributed by atoms with Crippen LogP contribution in [0.4, 0.5) is 18.9 Å². The van der Waals surface area contributed by atoms with E-state index in [4.69, 9.17) is 11.3 Å². The Morgan fingerprint density at radius 3 is 2.28 bits per heavy atom. The largest absolute Gasteiger partial charge is 0.489 e. The van der Waals surface area contributed by atoms with E-state index in [9.17, 15) is 13.2 Å². The second-order valence-electron chi connectivity index (χ2n) is 7.26. The molecule has 7 heteroatoms. The van der Waals surface area contributed by atoms with E-state index in [0.717, 1.165) is 34.6 Å². The highest BCUT2D eigenvalue weighted by Crippen LogP contribution is 2.31. The number of aromatic amines is 1. The summed E-state index contributed by atoms with van der Waals surface area (Å²) in [5.41, 5.74) is 3.92. The number of hydrogen-bond donors (Lipinski definition) is 1. The number of nitrogens with one attached hydrogen (secondary N) is 1. The maximum Gasteiger partial charge on any atom is 0.416 e. The molecular formula is C25H18F3N3O. The van der Waals surface area contributed by atoms with E-state index in [2.05, 4.69) is 14.8 Å². The third kappa shape index (κ3) is 4.65. The van der Waals surface area contributed by atoms with Gasteiger partial charge in [-0.15, -0.1) is 0 Å². The number of ether oxygens (including phenoxy) is 1. The lowest BCUT2D eigenvalue weighted by molar-refractivity contribution is -0.137. The fourth-order valence-corrected chi connectivity index (χ4v) is 3.23. The topological polar surface area (TPSA) is 42.3 Å². The second kappa shape index (κ2) is 8.60. The second-order valence-corrected chi connectivity index (χ2v) is 7.26. The number of alkyl halides is 3. The minimum atomic E-state index is -4.37. The number of hydrogen-bond acceptors (Lipinski definition) is 2. The van der Waals surface area contributed by atoms with Crippen molar-refractivity contribution in [3.8, 4) is 28.4 Å². The van der Waals surface area contributed by atoms with Gasteiger partial charge in [-0.3, -0.25) is 0 Å². The number of aryl methyl sites for hydroxylation is 1. The molecule has 0 saturated heterocycles. The molecule has 3 aromatic carbocycles. The number of nitrogens with zero attached hydrogens (tertiary/aromatic N) is 2. The van der Waals surface area contributed by atoms with Gasteiger partial charge in [0.1, 0.15) is 18.2 Å². The SMILES string of the molecule is [C-]#[N+]c1ccc(COc2ccc(-c3c[nH]c(-c4ccc(C(F)(F)F)cc4)n3)cc2C)cc1. The lowest BCUT2D eigenvalue weighted by Crippen LogP contribution is -2.04. The van der Waals surface area contributed by atoms with Gasteiger partial charge < -0.3 is 9.72 Å². The Kier molecular flexibility index (Phi) is 5.69. The van der Waals surface area contributed by atoms with Crippen LogP contribution in [0, 0.1) is 13.5 Å². The predicted octanol–water partition coefficient (Wildman–Crippen LogP) is 7.20. The van der Waals surface area contributed by atoms with E-state index >= 15 is 0 Å². The summed E-state index contributed by atoms with van der Waals surface area (Å²) >= 11 is 0. The monoisotopic (exact) mass is 433 g/mol. The zero-order chi connectivity index (χ0) is 22.7. The fourth-order valence-electron chi connectivity index (χ4n) is 3.23. The van der Waals surface area contributed by atoms with E-state index in [1.807, 2.05) is 37.3 Å². The zero-order valence-corrected chi connectivity index (χ0v) is 17.1. The molecule has 1 aromatic heterocycles. The van der Waals surface area contributed by atoms with Gasteiger partial charge in [-0.25, -0.2) is 9.83 Å². The number of benzene rings is 3. The average Bonchev–Trinajstić information content (AvgIpc) is 3.28. The molecule has 0 radical (unpaired) electrons. The van der Waals surface area contributed by atoms with Crippen molar-refractivity contribution in [2.45, 2.75) is 19.7 Å². The Labute approximate surface area is 183 Å². The van der Waals surface area contributed by atoms with Crippen LogP contribution >= 0.6 is 0 Å². The number of halogens is 3. The molecular weight excluding hydrogens is 415 g/mol. The van der Waals surface area contributed by atoms with Crippen molar-refractivity contribution in [1.29, 1.82) is 0 Å². The van der Waals surface area contributed by atoms with Gasteiger partial charge in [0.2, 0.25) is 0 Å². The molecule has 0 aliphatic rings. The maximum absolute atomic E-state index is 12.8. The highest BCUT2D eigenvalue weighted by atomic mass is 19.4. The molecule has 0 bridgehead atoms. The molecule has 4 aromatic rings. The standard InChI is InChI=1S/C25H18F3N3O/c1-16-13-19(7-12-23(16)32-15-17-3-10-21(29-2)11-4-17)22-14-30-24(31-22)18-5-8-20(9-6-18)25(26,27)28/h3-14H,15H2,1H3,(H,30,31). The first kappa shape index (κ1) is 21.2. The van der Waals surface area contributed by atoms with E-state index < -0.39 is 11.7 Å². The third-order valence-electron chi connectivity index (χ3n) is 4.99. The molecule has 4 nitrogen and oxygen atoms in total. The zero-order valence-electron chi connectivity index (χ0n) is 17.1. The summed E-state index contributed by atoms with van der Waals surface area (Å²) in [6.45, 7) is 9.32. The summed E-state index contributed by atoms with van der Waals surface area (Å²) in [6.07, 6.45) is -2.64. The molecule has 160 valence electrons. The van der Waals surface area contributed by atoms with Gasteiger partial charge in [0, 0.05) is 17.3 Å². The van der Waals surface area contributed by atoms with Crippen molar-refractivity contribution in [3.05, 3.63) is 101 Å². The van der Waals surface area contributed by atoms with Crippen molar-refractivity contribution in [3.63, 3.8) is 0 Å². The van der Waals surface area contributed by atoms with Gasteiger partial charge in [0.05, 0.1) is 17.8 Å². The van der Waals surface area contributed by atoms with Crippen LogP contribution in [0.5, 0.6) is 5.75 Å². The number of aromatic nitrogens is 2. The quantitative estimate of drug-likeness (QED) is 0.338. The normalized spacial score (nSPS) is 11.2. The van der Waals surface area contributed by atoms with E-state index in [0.29, 0.717) is 29.4 Å². The first-order valence-electron chi connectivity index (χ1n) is 9.77. The lowest BCUT2D eigenvalue weighted by Gasteiger charge is -2.10. The number of H-pyrrole nitrogens is 1. The van der Waals surface area contributed by atoms with Gasteiger partial charge in [-0.2, -0.15) is 13.2 Å². The Morgan fingerprint density at radius 2 is 1.66 bits per heavy atom. The molecule has 1 heterocycles.